The summed E-state index contributed by atoms with van der Waals surface area (Å²) in [5, 5.41) is 3.20. The fourth-order valence-corrected chi connectivity index (χ4v) is 2.52. The van der Waals surface area contributed by atoms with Gasteiger partial charge in [-0.15, -0.1) is 0 Å². The molecule has 0 saturated heterocycles. The zero-order chi connectivity index (χ0) is 17.1. The van der Waals surface area contributed by atoms with Crippen LogP contribution in [0.15, 0.2) is 42.5 Å². The molecular weight excluding hydrogens is 335 g/mol. The van der Waals surface area contributed by atoms with E-state index in [0.717, 1.165) is 5.56 Å². The maximum Gasteiger partial charge on any atom is 0.265 e. The van der Waals surface area contributed by atoms with Gasteiger partial charge in [-0.2, -0.15) is 0 Å². The van der Waals surface area contributed by atoms with Crippen molar-refractivity contribution < 1.29 is 18.7 Å². The first-order valence-corrected chi connectivity index (χ1v) is 7.64. The zero-order valence-electron chi connectivity index (χ0n) is 12.6. The molecule has 0 atom stereocenters. The maximum atomic E-state index is 12.9. The molecule has 0 radical (unpaired) electrons. The number of carbonyl (C=O) groups is 2. The van der Waals surface area contributed by atoms with Crippen molar-refractivity contribution >= 4 is 29.1 Å². The first-order valence-electron chi connectivity index (χ1n) is 7.27. The average molecular weight is 349 g/mol. The van der Waals surface area contributed by atoms with Crippen LogP contribution in [0, 0.1) is 5.82 Å². The highest BCUT2D eigenvalue weighted by Gasteiger charge is 2.27. The number of hydrogen-bond acceptors (Lipinski definition) is 3. The molecule has 0 bridgehead atoms. The first kappa shape index (κ1) is 16.3. The van der Waals surface area contributed by atoms with Crippen LogP contribution in [-0.4, -0.2) is 25.0 Å². The molecule has 1 N–H and O–H groups in total. The van der Waals surface area contributed by atoms with E-state index in [1.165, 1.54) is 17.0 Å². The van der Waals surface area contributed by atoms with Crippen molar-refractivity contribution in [2.75, 3.05) is 18.1 Å². The molecule has 5 nitrogen and oxygen atoms in total. The van der Waals surface area contributed by atoms with Crippen LogP contribution in [0.4, 0.5) is 10.1 Å². The number of nitrogens with zero attached hydrogens (tertiary/aromatic N) is 1. The van der Waals surface area contributed by atoms with E-state index in [9.17, 15) is 14.0 Å². The summed E-state index contributed by atoms with van der Waals surface area (Å²) in [5.41, 5.74) is 1.28. The first-order chi connectivity index (χ1) is 11.5. The van der Waals surface area contributed by atoms with E-state index in [0.29, 0.717) is 16.5 Å². The summed E-state index contributed by atoms with van der Waals surface area (Å²) in [4.78, 5) is 25.5. The van der Waals surface area contributed by atoms with E-state index in [2.05, 4.69) is 5.32 Å². The average Bonchev–Trinajstić information content (AvgIpc) is 2.57. The number of nitrogens with one attached hydrogen (secondary N) is 1. The molecular formula is C17H14ClFN2O3. The highest BCUT2D eigenvalue weighted by atomic mass is 35.5. The third-order valence-corrected chi connectivity index (χ3v) is 3.80. The Morgan fingerprint density at radius 2 is 2.00 bits per heavy atom. The van der Waals surface area contributed by atoms with Crippen LogP contribution in [0.3, 0.4) is 0 Å². The van der Waals surface area contributed by atoms with Gasteiger partial charge in [-0.1, -0.05) is 23.7 Å². The van der Waals surface area contributed by atoms with Gasteiger partial charge < -0.3 is 10.1 Å². The third-order valence-electron chi connectivity index (χ3n) is 3.57. The monoisotopic (exact) mass is 348 g/mol. The van der Waals surface area contributed by atoms with Gasteiger partial charge in [-0.3, -0.25) is 14.5 Å². The second-order valence-corrected chi connectivity index (χ2v) is 5.72. The van der Waals surface area contributed by atoms with Crippen LogP contribution in [0.25, 0.3) is 0 Å². The van der Waals surface area contributed by atoms with Crippen molar-refractivity contribution in [1.82, 2.24) is 5.32 Å². The number of anilines is 1. The largest absolute Gasteiger partial charge is 0.482 e. The molecule has 24 heavy (non-hydrogen) atoms. The zero-order valence-corrected chi connectivity index (χ0v) is 13.3. The summed E-state index contributed by atoms with van der Waals surface area (Å²) in [6.07, 6.45) is 0. The summed E-state index contributed by atoms with van der Waals surface area (Å²) < 4.78 is 18.2. The molecule has 1 aliphatic rings. The molecule has 0 spiro atoms. The summed E-state index contributed by atoms with van der Waals surface area (Å²) in [6, 6.07) is 10.7. The van der Waals surface area contributed by atoms with Crippen LogP contribution in [-0.2, 0) is 16.1 Å². The number of fused-ring (bicyclic) bond motifs is 1. The minimum atomic E-state index is -0.334. The summed E-state index contributed by atoms with van der Waals surface area (Å²) in [6.45, 7) is -0.0122. The summed E-state index contributed by atoms with van der Waals surface area (Å²) in [7, 11) is 0. The van der Waals surface area contributed by atoms with Gasteiger partial charge in [0.05, 0.1) is 5.69 Å². The molecule has 0 fully saturated rings. The standard InChI is InChI=1S/C17H14ClFN2O3/c18-12-3-6-14-15(7-12)24-10-17(23)21(14)9-16(22)20-8-11-1-4-13(19)5-2-11/h1-7H,8-10H2,(H,20,22). The molecule has 0 aromatic heterocycles. The predicted molar refractivity (Wildman–Crippen MR) is 87.5 cm³/mol. The number of hydrogen-bond donors (Lipinski definition) is 1. The quantitative estimate of drug-likeness (QED) is 0.923. The number of ether oxygens (including phenoxy) is 1. The number of amides is 2. The van der Waals surface area contributed by atoms with Gasteiger partial charge >= 0.3 is 0 Å². The molecule has 7 heteroatoms. The van der Waals surface area contributed by atoms with Crippen LogP contribution >= 0.6 is 11.6 Å². The van der Waals surface area contributed by atoms with E-state index in [1.807, 2.05) is 0 Å². The van der Waals surface area contributed by atoms with E-state index in [-0.39, 0.29) is 37.3 Å². The van der Waals surface area contributed by atoms with Crippen molar-refractivity contribution in [3.8, 4) is 5.75 Å². The van der Waals surface area contributed by atoms with Crippen LogP contribution in [0.2, 0.25) is 5.02 Å². The molecule has 0 unspecified atom stereocenters. The molecule has 2 amide bonds. The molecule has 1 aliphatic heterocycles. The Morgan fingerprint density at radius 3 is 2.75 bits per heavy atom. The lowest BCUT2D eigenvalue weighted by Crippen LogP contribution is -2.45. The number of rotatable bonds is 4. The third kappa shape index (κ3) is 3.65. The van der Waals surface area contributed by atoms with Gasteiger partial charge in [0.2, 0.25) is 5.91 Å². The Hall–Kier alpha value is -2.60. The number of carbonyl (C=O) groups excluding carboxylic acids is 2. The Morgan fingerprint density at radius 1 is 1.25 bits per heavy atom. The van der Waals surface area contributed by atoms with E-state index >= 15 is 0 Å². The predicted octanol–water partition coefficient (Wildman–Crippen LogP) is 2.52. The van der Waals surface area contributed by atoms with Crippen LogP contribution < -0.4 is 15.0 Å². The minimum Gasteiger partial charge on any atom is -0.482 e. The van der Waals surface area contributed by atoms with Crippen molar-refractivity contribution in [3.63, 3.8) is 0 Å². The number of halogens is 2. The second-order valence-electron chi connectivity index (χ2n) is 5.28. The molecule has 124 valence electrons. The Balaban J connectivity index is 1.65. The fourth-order valence-electron chi connectivity index (χ4n) is 2.35. The lowest BCUT2D eigenvalue weighted by Gasteiger charge is -2.28. The smallest absolute Gasteiger partial charge is 0.265 e. The van der Waals surface area contributed by atoms with Crippen molar-refractivity contribution in [3.05, 3.63) is 58.9 Å². The topological polar surface area (TPSA) is 58.6 Å². The molecule has 2 aromatic carbocycles. The molecule has 3 rings (SSSR count). The SMILES string of the molecule is O=C(CN1C(=O)COc2cc(Cl)ccc21)NCc1ccc(F)cc1. The lowest BCUT2D eigenvalue weighted by atomic mass is 10.2. The molecule has 2 aromatic rings. The number of benzene rings is 2. The van der Waals surface area contributed by atoms with E-state index < -0.39 is 0 Å². The van der Waals surface area contributed by atoms with Crippen molar-refractivity contribution in [2.24, 2.45) is 0 Å². The van der Waals surface area contributed by atoms with Crippen LogP contribution in [0.5, 0.6) is 5.75 Å². The second kappa shape index (κ2) is 6.88. The van der Waals surface area contributed by atoms with Gasteiger partial charge in [0.15, 0.2) is 6.61 Å². The van der Waals surface area contributed by atoms with Gasteiger partial charge in [0, 0.05) is 17.6 Å². The van der Waals surface area contributed by atoms with Gasteiger partial charge in [-0.25, -0.2) is 4.39 Å². The van der Waals surface area contributed by atoms with E-state index in [4.69, 9.17) is 16.3 Å². The van der Waals surface area contributed by atoms with Crippen molar-refractivity contribution in [1.29, 1.82) is 0 Å². The normalized spacial score (nSPS) is 13.2. The van der Waals surface area contributed by atoms with Crippen molar-refractivity contribution in [2.45, 2.75) is 6.54 Å². The summed E-state index contributed by atoms with van der Waals surface area (Å²) in [5.74, 6) is -0.495. The van der Waals surface area contributed by atoms with Gasteiger partial charge in [-0.05, 0) is 29.8 Å². The minimum absolute atomic E-state index is 0.127. The fraction of sp³-hybridized carbons (Fsp3) is 0.176. The molecule has 1 heterocycles. The van der Waals surface area contributed by atoms with Gasteiger partial charge in [0.1, 0.15) is 18.1 Å². The Bertz CT molecular complexity index is 780. The van der Waals surface area contributed by atoms with E-state index in [1.54, 1.807) is 30.3 Å². The molecule has 0 aliphatic carbocycles. The Labute approximate surface area is 143 Å². The Kier molecular flexibility index (Phi) is 4.66. The summed E-state index contributed by atoms with van der Waals surface area (Å²) >= 11 is 5.91. The maximum absolute atomic E-state index is 12.9. The van der Waals surface area contributed by atoms with Crippen LogP contribution in [0.1, 0.15) is 5.56 Å². The lowest BCUT2D eigenvalue weighted by molar-refractivity contribution is -0.125. The van der Waals surface area contributed by atoms with Gasteiger partial charge in [0.25, 0.3) is 5.91 Å². The highest BCUT2D eigenvalue weighted by Crippen LogP contribution is 2.34. The highest BCUT2D eigenvalue weighted by molar-refractivity contribution is 6.30. The molecule has 0 saturated carbocycles.